The molecule has 0 aliphatic carbocycles. The summed E-state index contributed by atoms with van der Waals surface area (Å²) >= 11 is 12.3. The van der Waals surface area contributed by atoms with E-state index in [2.05, 4.69) is 0 Å². The predicted molar refractivity (Wildman–Crippen MR) is 118 cm³/mol. The van der Waals surface area contributed by atoms with Crippen LogP contribution in [0.3, 0.4) is 0 Å². The minimum atomic E-state index is -0.905. The number of rotatable bonds is 7. The molecule has 31 heavy (non-hydrogen) atoms. The molecule has 7 nitrogen and oxygen atoms in total. The van der Waals surface area contributed by atoms with Crippen LogP contribution in [0, 0.1) is 0 Å². The Hall–Kier alpha value is -2.19. The summed E-state index contributed by atoms with van der Waals surface area (Å²) in [5.74, 6) is 0.980. The first-order valence-corrected chi connectivity index (χ1v) is 10.4. The lowest BCUT2D eigenvalue weighted by molar-refractivity contribution is -0.115. The standard InChI is InChI=1S/C22H25Cl2NO6/c1-28-18-10-14(11-19(29-2)20(18)30-3)21(27)25-7-9-31-22(13-25,6-8-26)15-4-5-16(23)17(24)12-15/h4-5,10-12,26H,6-9,13H2,1-3H3. The zero-order valence-electron chi connectivity index (χ0n) is 17.6. The summed E-state index contributed by atoms with van der Waals surface area (Å²) in [6, 6.07) is 8.43. The number of aliphatic hydroxyl groups excluding tert-OH is 1. The van der Waals surface area contributed by atoms with Gasteiger partial charge in [0.25, 0.3) is 5.91 Å². The molecule has 1 fully saturated rings. The smallest absolute Gasteiger partial charge is 0.254 e. The maximum Gasteiger partial charge on any atom is 0.254 e. The fraction of sp³-hybridized carbons (Fsp3) is 0.409. The van der Waals surface area contributed by atoms with Crippen molar-refractivity contribution >= 4 is 29.1 Å². The number of carbonyl (C=O) groups is 1. The third kappa shape index (κ3) is 4.70. The monoisotopic (exact) mass is 469 g/mol. The van der Waals surface area contributed by atoms with Crippen molar-refractivity contribution in [3.8, 4) is 17.2 Å². The molecule has 1 atom stereocenters. The van der Waals surface area contributed by atoms with E-state index >= 15 is 0 Å². The average molecular weight is 470 g/mol. The molecule has 1 saturated heterocycles. The summed E-state index contributed by atoms with van der Waals surface area (Å²) in [6.45, 7) is 0.813. The zero-order valence-corrected chi connectivity index (χ0v) is 19.1. The highest BCUT2D eigenvalue weighted by Crippen LogP contribution is 2.40. The molecule has 0 radical (unpaired) electrons. The van der Waals surface area contributed by atoms with E-state index in [1.165, 1.54) is 21.3 Å². The molecule has 0 aromatic heterocycles. The number of carbonyl (C=O) groups excluding carboxylic acids is 1. The van der Waals surface area contributed by atoms with Gasteiger partial charge in [-0.05, 0) is 29.8 Å². The number of halogens is 2. The third-order valence-corrected chi connectivity index (χ3v) is 6.09. The maximum atomic E-state index is 13.4. The Morgan fingerprint density at radius 3 is 2.32 bits per heavy atom. The van der Waals surface area contributed by atoms with Crippen LogP contribution < -0.4 is 14.2 Å². The predicted octanol–water partition coefficient (Wildman–Crippen LogP) is 3.77. The molecule has 1 unspecified atom stereocenters. The maximum absolute atomic E-state index is 13.4. The molecule has 0 spiro atoms. The summed E-state index contributed by atoms with van der Waals surface area (Å²) in [4.78, 5) is 15.1. The minimum absolute atomic E-state index is 0.119. The van der Waals surface area contributed by atoms with E-state index in [4.69, 9.17) is 42.1 Å². The second kappa shape index (κ2) is 9.96. The van der Waals surface area contributed by atoms with E-state index in [0.29, 0.717) is 52.4 Å². The van der Waals surface area contributed by atoms with Crippen molar-refractivity contribution in [2.24, 2.45) is 0 Å². The number of aliphatic hydroxyl groups is 1. The topological polar surface area (TPSA) is 77.5 Å². The largest absolute Gasteiger partial charge is 0.493 e. The van der Waals surface area contributed by atoms with Crippen LogP contribution in [0.25, 0.3) is 0 Å². The van der Waals surface area contributed by atoms with E-state index in [0.717, 1.165) is 5.56 Å². The number of benzene rings is 2. The van der Waals surface area contributed by atoms with Gasteiger partial charge in [-0.2, -0.15) is 0 Å². The van der Waals surface area contributed by atoms with Crippen LogP contribution in [0.4, 0.5) is 0 Å². The van der Waals surface area contributed by atoms with Crippen LogP contribution in [-0.2, 0) is 10.3 Å². The van der Waals surface area contributed by atoms with Crippen molar-refractivity contribution in [2.45, 2.75) is 12.0 Å². The van der Waals surface area contributed by atoms with Gasteiger partial charge in [0.15, 0.2) is 11.5 Å². The molecule has 168 valence electrons. The van der Waals surface area contributed by atoms with Gasteiger partial charge in [0.1, 0.15) is 5.60 Å². The van der Waals surface area contributed by atoms with Gasteiger partial charge in [0.05, 0.1) is 44.5 Å². The van der Waals surface area contributed by atoms with Gasteiger partial charge in [0.2, 0.25) is 5.75 Å². The van der Waals surface area contributed by atoms with Crippen molar-refractivity contribution in [2.75, 3.05) is 47.6 Å². The van der Waals surface area contributed by atoms with Crippen molar-refractivity contribution in [3.63, 3.8) is 0 Å². The molecular formula is C22H25Cl2NO6. The second-order valence-electron chi connectivity index (χ2n) is 7.09. The normalized spacial score (nSPS) is 18.6. The first-order chi connectivity index (χ1) is 14.9. The van der Waals surface area contributed by atoms with Gasteiger partial charge < -0.3 is 29.0 Å². The highest BCUT2D eigenvalue weighted by atomic mass is 35.5. The molecule has 9 heteroatoms. The van der Waals surface area contributed by atoms with Gasteiger partial charge in [-0.15, -0.1) is 0 Å². The van der Waals surface area contributed by atoms with E-state index < -0.39 is 5.60 Å². The SMILES string of the molecule is COc1cc(C(=O)N2CCOC(CCO)(c3ccc(Cl)c(Cl)c3)C2)cc(OC)c1OC. The Balaban J connectivity index is 1.96. The summed E-state index contributed by atoms with van der Waals surface area (Å²) in [6.07, 6.45) is 0.296. The lowest BCUT2D eigenvalue weighted by atomic mass is 9.88. The first kappa shape index (κ1) is 23.5. The quantitative estimate of drug-likeness (QED) is 0.664. The van der Waals surface area contributed by atoms with Crippen LogP contribution in [-0.4, -0.2) is 63.5 Å². The Morgan fingerprint density at radius 2 is 1.77 bits per heavy atom. The van der Waals surface area contributed by atoms with Gasteiger partial charge in [-0.25, -0.2) is 0 Å². The fourth-order valence-electron chi connectivity index (χ4n) is 3.78. The van der Waals surface area contributed by atoms with Crippen LogP contribution in [0.5, 0.6) is 17.2 Å². The number of amides is 1. The molecule has 1 N–H and O–H groups in total. The summed E-state index contributed by atoms with van der Waals surface area (Å²) < 4.78 is 22.2. The van der Waals surface area contributed by atoms with Crippen molar-refractivity contribution in [1.29, 1.82) is 0 Å². The van der Waals surface area contributed by atoms with Crippen LogP contribution >= 0.6 is 23.2 Å². The van der Waals surface area contributed by atoms with Crippen molar-refractivity contribution in [1.82, 2.24) is 4.90 Å². The number of hydrogen-bond donors (Lipinski definition) is 1. The molecule has 1 aliphatic heterocycles. The highest BCUT2D eigenvalue weighted by molar-refractivity contribution is 6.42. The lowest BCUT2D eigenvalue weighted by Crippen LogP contribution is -2.52. The Bertz CT molecular complexity index is 925. The number of ether oxygens (including phenoxy) is 4. The van der Waals surface area contributed by atoms with Crippen LogP contribution in [0.15, 0.2) is 30.3 Å². The van der Waals surface area contributed by atoms with Crippen LogP contribution in [0.2, 0.25) is 10.0 Å². The Morgan fingerprint density at radius 1 is 1.10 bits per heavy atom. The Kier molecular flexibility index (Phi) is 7.54. The number of nitrogens with zero attached hydrogens (tertiary/aromatic N) is 1. The fourth-order valence-corrected chi connectivity index (χ4v) is 4.07. The van der Waals surface area contributed by atoms with E-state index in [9.17, 15) is 9.90 Å². The third-order valence-electron chi connectivity index (χ3n) is 5.35. The highest BCUT2D eigenvalue weighted by Gasteiger charge is 2.40. The minimum Gasteiger partial charge on any atom is -0.493 e. The molecule has 1 heterocycles. The molecule has 0 saturated carbocycles. The number of methoxy groups -OCH3 is 3. The van der Waals surface area contributed by atoms with Gasteiger partial charge >= 0.3 is 0 Å². The van der Waals surface area contributed by atoms with E-state index in [-0.39, 0.29) is 19.1 Å². The molecule has 2 aromatic carbocycles. The lowest BCUT2D eigenvalue weighted by Gasteiger charge is -2.43. The first-order valence-electron chi connectivity index (χ1n) is 9.68. The second-order valence-corrected chi connectivity index (χ2v) is 7.90. The molecule has 0 bridgehead atoms. The van der Waals surface area contributed by atoms with Crippen molar-refractivity contribution < 1.29 is 28.8 Å². The molecule has 2 aromatic rings. The molecule has 1 aliphatic rings. The van der Waals surface area contributed by atoms with E-state index in [1.807, 2.05) is 0 Å². The van der Waals surface area contributed by atoms with Gasteiger partial charge in [-0.3, -0.25) is 4.79 Å². The number of morpholine rings is 1. The average Bonchev–Trinajstić information content (AvgIpc) is 2.79. The molecule has 3 rings (SSSR count). The Labute approximate surface area is 191 Å². The van der Waals surface area contributed by atoms with E-state index in [1.54, 1.807) is 35.2 Å². The van der Waals surface area contributed by atoms with Gasteiger partial charge in [-0.1, -0.05) is 29.3 Å². The summed E-state index contributed by atoms with van der Waals surface area (Å²) in [5, 5.41) is 10.5. The molecule has 1 amide bonds. The van der Waals surface area contributed by atoms with Gasteiger partial charge in [0, 0.05) is 25.1 Å². The summed E-state index contributed by atoms with van der Waals surface area (Å²) in [7, 11) is 4.50. The zero-order chi connectivity index (χ0) is 22.6. The van der Waals surface area contributed by atoms with Crippen molar-refractivity contribution in [3.05, 3.63) is 51.5 Å². The molecular weight excluding hydrogens is 445 g/mol. The number of hydrogen-bond acceptors (Lipinski definition) is 6. The van der Waals surface area contributed by atoms with Crippen LogP contribution in [0.1, 0.15) is 22.3 Å². The summed E-state index contributed by atoms with van der Waals surface area (Å²) in [5.41, 5.74) is 0.235.